The van der Waals surface area contributed by atoms with E-state index in [1.807, 2.05) is 18.2 Å². The Morgan fingerprint density at radius 2 is 1.89 bits per heavy atom. The lowest BCUT2D eigenvalue weighted by atomic mass is 9.73. The van der Waals surface area contributed by atoms with Crippen molar-refractivity contribution >= 4 is 23.2 Å². The van der Waals surface area contributed by atoms with E-state index in [0.29, 0.717) is 10.0 Å². The number of halogens is 2. The van der Waals surface area contributed by atoms with Crippen LogP contribution in [0, 0.1) is 5.92 Å². The predicted octanol–water partition coefficient (Wildman–Crippen LogP) is 4.83. The second kappa shape index (κ2) is 5.81. The maximum Gasteiger partial charge on any atom is 0.0595 e. The average molecular weight is 286 g/mol. The molecule has 0 heterocycles. The molecule has 0 radical (unpaired) electrons. The Labute approximate surface area is 120 Å². The summed E-state index contributed by atoms with van der Waals surface area (Å²) < 4.78 is 0. The maximum atomic E-state index is 6.52. The Hall–Kier alpha value is -0.240. The molecule has 1 fully saturated rings. The lowest BCUT2D eigenvalue weighted by Gasteiger charge is -2.37. The molecule has 2 rings (SSSR count). The number of hydrogen-bond donors (Lipinski definition) is 1. The zero-order chi connectivity index (χ0) is 13.2. The van der Waals surface area contributed by atoms with E-state index < -0.39 is 0 Å². The highest BCUT2D eigenvalue weighted by atomic mass is 35.5. The van der Waals surface area contributed by atoms with Crippen LogP contribution >= 0.6 is 23.2 Å². The fourth-order valence-electron chi connectivity index (χ4n) is 2.89. The van der Waals surface area contributed by atoms with Gasteiger partial charge in [0.25, 0.3) is 0 Å². The fourth-order valence-corrected chi connectivity index (χ4v) is 3.21. The minimum atomic E-state index is -0.0527. The molecule has 0 unspecified atom stereocenters. The summed E-state index contributed by atoms with van der Waals surface area (Å²) in [4.78, 5) is 0. The summed E-state index contributed by atoms with van der Waals surface area (Å²) in [6, 6.07) is 5.85. The Balaban J connectivity index is 2.02. The summed E-state index contributed by atoms with van der Waals surface area (Å²) in [6.07, 6.45) is 6.93. The molecule has 100 valence electrons. The van der Waals surface area contributed by atoms with E-state index in [4.69, 9.17) is 28.9 Å². The molecule has 0 atom stereocenters. The van der Waals surface area contributed by atoms with E-state index in [-0.39, 0.29) is 5.54 Å². The first-order valence-corrected chi connectivity index (χ1v) is 7.51. The topological polar surface area (TPSA) is 26.0 Å². The molecule has 2 N–H and O–H groups in total. The molecule has 1 aromatic rings. The molecular formula is C15H21Cl2N. The molecule has 0 aromatic heterocycles. The van der Waals surface area contributed by atoms with Crippen LogP contribution in [0.2, 0.25) is 10.0 Å². The second-order valence-electron chi connectivity index (χ2n) is 5.64. The molecule has 0 aliphatic heterocycles. The van der Waals surface area contributed by atoms with Gasteiger partial charge in [-0.05, 0) is 55.7 Å². The van der Waals surface area contributed by atoms with E-state index in [0.717, 1.165) is 25.2 Å². The summed E-state index contributed by atoms with van der Waals surface area (Å²) in [7, 11) is 0. The molecule has 0 amide bonds. The van der Waals surface area contributed by atoms with Crippen molar-refractivity contribution in [2.24, 2.45) is 11.7 Å². The minimum Gasteiger partial charge on any atom is -0.325 e. The van der Waals surface area contributed by atoms with Gasteiger partial charge in [-0.15, -0.1) is 0 Å². The van der Waals surface area contributed by atoms with Crippen molar-refractivity contribution in [3.8, 4) is 0 Å². The van der Waals surface area contributed by atoms with E-state index in [2.05, 4.69) is 6.92 Å². The van der Waals surface area contributed by atoms with Crippen LogP contribution < -0.4 is 5.73 Å². The molecule has 1 aromatic carbocycles. The van der Waals surface area contributed by atoms with Gasteiger partial charge in [-0.25, -0.2) is 0 Å². The monoisotopic (exact) mass is 285 g/mol. The lowest BCUT2D eigenvalue weighted by Crippen LogP contribution is -2.45. The first-order valence-electron chi connectivity index (χ1n) is 6.75. The molecule has 0 saturated heterocycles. The first-order chi connectivity index (χ1) is 8.52. The third kappa shape index (κ3) is 3.40. The number of nitrogens with two attached hydrogens (primary N) is 1. The van der Waals surface area contributed by atoms with E-state index >= 15 is 0 Å². The molecule has 3 heteroatoms. The van der Waals surface area contributed by atoms with Crippen LogP contribution in [0.15, 0.2) is 18.2 Å². The minimum absolute atomic E-state index is 0.0527. The van der Waals surface area contributed by atoms with Crippen LogP contribution in [0.25, 0.3) is 0 Å². The summed E-state index contributed by atoms with van der Waals surface area (Å²) in [5, 5.41) is 1.24. The third-order valence-electron chi connectivity index (χ3n) is 4.22. The smallest absolute Gasteiger partial charge is 0.0595 e. The van der Waals surface area contributed by atoms with Gasteiger partial charge in [0.15, 0.2) is 0 Å². The van der Waals surface area contributed by atoms with Gasteiger partial charge in [0.1, 0.15) is 0 Å². The highest BCUT2D eigenvalue weighted by molar-refractivity contribution is 6.42. The second-order valence-corrected chi connectivity index (χ2v) is 6.45. The van der Waals surface area contributed by atoms with Gasteiger partial charge in [0.05, 0.1) is 10.0 Å². The van der Waals surface area contributed by atoms with Crippen molar-refractivity contribution in [3.05, 3.63) is 33.8 Å². The predicted molar refractivity (Wildman–Crippen MR) is 79.3 cm³/mol. The quantitative estimate of drug-likeness (QED) is 0.845. The van der Waals surface area contributed by atoms with Gasteiger partial charge in [0.2, 0.25) is 0 Å². The molecule has 1 saturated carbocycles. The maximum absolute atomic E-state index is 6.52. The average Bonchev–Trinajstić information content (AvgIpc) is 2.35. The van der Waals surface area contributed by atoms with Crippen molar-refractivity contribution in [2.75, 3.05) is 0 Å². The first kappa shape index (κ1) is 14.2. The van der Waals surface area contributed by atoms with E-state index in [1.54, 1.807) is 0 Å². The number of benzene rings is 1. The summed E-state index contributed by atoms with van der Waals surface area (Å²) in [5.41, 5.74) is 7.66. The fraction of sp³-hybridized carbons (Fsp3) is 0.600. The summed E-state index contributed by atoms with van der Waals surface area (Å²) >= 11 is 12.0. The van der Waals surface area contributed by atoms with Crippen LogP contribution in [0.1, 0.15) is 44.6 Å². The highest BCUT2D eigenvalue weighted by Gasteiger charge is 2.31. The Morgan fingerprint density at radius 3 is 2.44 bits per heavy atom. The zero-order valence-corrected chi connectivity index (χ0v) is 12.4. The van der Waals surface area contributed by atoms with Crippen LogP contribution in [-0.4, -0.2) is 5.54 Å². The van der Waals surface area contributed by atoms with Gasteiger partial charge in [-0.1, -0.05) is 42.6 Å². The molecular weight excluding hydrogens is 265 g/mol. The van der Waals surface area contributed by atoms with E-state index in [1.165, 1.54) is 24.8 Å². The SMILES string of the molecule is CCC1CCC(N)(Cc2ccc(Cl)c(Cl)c2)CC1. The van der Waals surface area contributed by atoms with Gasteiger partial charge < -0.3 is 5.73 Å². The molecule has 1 nitrogen and oxygen atoms in total. The van der Waals surface area contributed by atoms with Gasteiger partial charge in [0, 0.05) is 5.54 Å². The van der Waals surface area contributed by atoms with Crippen LogP contribution in [0.5, 0.6) is 0 Å². The number of hydrogen-bond acceptors (Lipinski definition) is 1. The van der Waals surface area contributed by atoms with Crippen LogP contribution in [0.4, 0.5) is 0 Å². The lowest BCUT2D eigenvalue weighted by molar-refractivity contribution is 0.228. The summed E-state index contributed by atoms with van der Waals surface area (Å²) in [6.45, 7) is 2.27. The highest BCUT2D eigenvalue weighted by Crippen LogP contribution is 2.35. The zero-order valence-electron chi connectivity index (χ0n) is 10.9. The Morgan fingerprint density at radius 1 is 1.22 bits per heavy atom. The molecule has 18 heavy (non-hydrogen) atoms. The van der Waals surface area contributed by atoms with Crippen molar-refractivity contribution in [2.45, 2.75) is 51.0 Å². The normalized spacial score (nSPS) is 28.3. The van der Waals surface area contributed by atoms with Crippen LogP contribution in [-0.2, 0) is 6.42 Å². The van der Waals surface area contributed by atoms with Crippen molar-refractivity contribution < 1.29 is 0 Å². The van der Waals surface area contributed by atoms with Crippen molar-refractivity contribution in [3.63, 3.8) is 0 Å². The van der Waals surface area contributed by atoms with Crippen molar-refractivity contribution in [1.82, 2.24) is 0 Å². The van der Waals surface area contributed by atoms with Gasteiger partial charge >= 0.3 is 0 Å². The largest absolute Gasteiger partial charge is 0.325 e. The van der Waals surface area contributed by atoms with Crippen LogP contribution in [0.3, 0.4) is 0 Å². The van der Waals surface area contributed by atoms with E-state index in [9.17, 15) is 0 Å². The Kier molecular flexibility index (Phi) is 4.58. The van der Waals surface area contributed by atoms with Gasteiger partial charge in [-0.3, -0.25) is 0 Å². The summed E-state index contributed by atoms with van der Waals surface area (Å²) in [5.74, 6) is 0.871. The standard InChI is InChI=1S/C15H21Cl2N/c1-2-11-5-7-15(18,8-6-11)10-12-3-4-13(16)14(17)9-12/h3-4,9,11H,2,5-8,10,18H2,1H3. The third-order valence-corrected chi connectivity index (χ3v) is 4.96. The Bertz CT molecular complexity index is 409. The molecule has 1 aliphatic rings. The number of rotatable bonds is 3. The van der Waals surface area contributed by atoms with Gasteiger partial charge in [-0.2, -0.15) is 0 Å². The van der Waals surface area contributed by atoms with Crippen molar-refractivity contribution in [1.29, 1.82) is 0 Å². The molecule has 0 spiro atoms. The molecule has 0 bridgehead atoms. The molecule has 1 aliphatic carbocycles.